The molecule has 0 radical (unpaired) electrons. The van der Waals surface area contributed by atoms with Gasteiger partial charge >= 0.3 is 0 Å². The van der Waals surface area contributed by atoms with Gasteiger partial charge in [-0.15, -0.1) is 0 Å². The van der Waals surface area contributed by atoms with Gasteiger partial charge in [0.05, 0.1) is 6.26 Å². The molecule has 0 saturated carbocycles. The zero-order chi connectivity index (χ0) is 23.3. The number of nitrogens with zero attached hydrogens (tertiary/aromatic N) is 3. The smallest absolute Gasteiger partial charge is 0.266 e. The molecule has 0 aliphatic carbocycles. The van der Waals surface area contributed by atoms with Crippen molar-refractivity contribution in [1.82, 2.24) is 4.98 Å². The first kappa shape index (κ1) is 21.3. The largest absolute Gasteiger partial charge is 0.459 e. The maximum absolute atomic E-state index is 12.8. The molecule has 2 aromatic carbocycles. The molecule has 1 aliphatic rings. The van der Waals surface area contributed by atoms with Crippen molar-refractivity contribution < 1.29 is 18.4 Å². The number of nitriles is 1. The topological polar surface area (TPSA) is 105 Å². The molecule has 1 saturated heterocycles. The van der Waals surface area contributed by atoms with Crippen LogP contribution in [0.2, 0.25) is 0 Å². The minimum atomic E-state index is -0.130. The Hall–Kier alpha value is -4.51. The Kier molecular flexibility index (Phi) is 5.99. The van der Waals surface area contributed by atoms with Crippen molar-refractivity contribution in [3.8, 4) is 29.2 Å². The summed E-state index contributed by atoms with van der Waals surface area (Å²) in [5.41, 5.74) is 0.935. The minimum Gasteiger partial charge on any atom is -0.459 e. The highest BCUT2D eigenvalue weighted by Crippen LogP contribution is 2.31. The van der Waals surface area contributed by atoms with Gasteiger partial charge < -0.3 is 23.8 Å². The lowest BCUT2D eigenvalue weighted by atomic mass is 9.96. The summed E-state index contributed by atoms with van der Waals surface area (Å²) < 4.78 is 16.9. The van der Waals surface area contributed by atoms with Crippen molar-refractivity contribution in [2.45, 2.75) is 12.8 Å². The molecule has 1 fully saturated rings. The third-order valence-electron chi connectivity index (χ3n) is 5.70. The number of carbonyl (C=O) groups excluding carboxylic acids is 1. The summed E-state index contributed by atoms with van der Waals surface area (Å²) >= 11 is 0. The molecule has 0 bridgehead atoms. The predicted octanol–water partition coefficient (Wildman–Crippen LogP) is 5.45. The van der Waals surface area contributed by atoms with Crippen LogP contribution >= 0.6 is 0 Å². The van der Waals surface area contributed by atoms with E-state index in [1.807, 2.05) is 59.5 Å². The molecule has 4 aromatic rings. The van der Waals surface area contributed by atoms with Crippen LogP contribution in [0.3, 0.4) is 0 Å². The Bertz CT molecular complexity index is 1280. The molecule has 8 nitrogen and oxygen atoms in total. The normalized spacial score (nSPS) is 13.9. The van der Waals surface area contributed by atoms with Crippen LogP contribution in [0.25, 0.3) is 11.7 Å². The summed E-state index contributed by atoms with van der Waals surface area (Å²) in [7, 11) is 0. The summed E-state index contributed by atoms with van der Waals surface area (Å²) in [4.78, 5) is 19.0. The number of hydrogen-bond donors (Lipinski definition) is 1. The molecule has 5 rings (SSSR count). The quantitative estimate of drug-likeness (QED) is 0.413. The standard InChI is InChI=1S/C26H22N4O4/c27-17-22-26(34-25(29-22)23-7-4-16-32-23)30-14-12-18(13-15-30)24(31)28-19-8-10-21(11-9-19)33-20-5-2-1-3-6-20/h1-11,16,18H,12-15H2,(H,28,31). The Labute approximate surface area is 196 Å². The maximum Gasteiger partial charge on any atom is 0.266 e. The molecule has 8 heteroatoms. The molecule has 0 spiro atoms. The Balaban J connectivity index is 1.17. The molecule has 170 valence electrons. The molecular weight excluding hydrogens is 432 g/mol. The lowest BCUT2D eigenvalue weighted by molar-refractivity contribution is -0.120. The molecule has 2 aromatic heterocycles. The number of anilines is 2. The van der Waals surface area contributed by atoms with E-state index in [0.717, 1.165) is 11.4 Å². The number of aromatic nitrogens is 1. The molecule has 1 amide bonds. The van der Waals surface area contributed by atoms with E-state index in [1.54, 1.807) is 12.1 Å². The van der Waals surface area contributed by atoms with E-state index in [2.05, 4.69) is 16.4 Å². The van der Waals surface area contributed by atoms with Crippen LogP contribution in [-0.2, 0) is 4.79 Å². The van der Waals surface area contributed by atoms with E-state index in [1.165, 1.54) is 6.26 Å². The number of carbonyl (C=O) groups is 1. The average molecular weight is 454 g/mol. The highest BCUT2D eigenvalue weighted by Gasteiger charge is 2.29. The van der Waals surface area contributed by atoms with Crippen LogP contribution in [0, 0.1) is 17.2 Å². The summed E-state index contributed by atoms with van der Waals surface area (Å²) in [6.45, 7) is 1.17. The zero-order valence-corrected chi connectivity index (χ0v) is 18.3. The molecule has 34 heavy (non-hydrogen) atoms. The number of furan rings is 1. The first-order valence-electron chi connectivity index (χ1n) is 11.0. The van der Waals surface area contributed by atoms with E-state index in [-0.39, 0.29) is 23.4 Å². The van der Waals surface area contributed by atoms with Gasteiger partial charge in [0, 0.05) is 24.7 Å². The van der Waals surface area contributed by atoms with Crippen molar-refractivity contribution in [2.24, 2.45) is 5.92 Å². The van der Waals surface area contributed by atoms with E-state index in [4.69, 9.17) is 13.6 Å². The van der Waals surface area contributed by atoms with E-state index < -0.39 is 0 Å². The average Bonchev–Trinajstić information content (AvgIpc) is 3.56. The van der Waals surface area contributed by atoms with E-state index in [9.17, 15) is 10.1 Å². The van der Waals surface area contributed by atoms with Crippen molar-refractivity contribution >= 4 is 17.5 Å². The second kappa shape index (κ2) is 9.55. The number of amides is 1. The molecule has 1 aliphatic heterocycles. The third-order valence-corrected chi connectivity index (χ3v) is 5.70. The van der Waals surface area contributed by atoms with Gasteiger partial charge in [-0.3, -0.25) is 4.79 Å². The number of nitrogens with one attached hydrogen (secondary N) is 1. The Morgan fingerprint density at radius 1 is 1.03 bits per heavy atom. The van der Waals surface area contributed by atoms with Gasteiger partial charge in [-0.05, 0) is 61.4 Å². The zero-order valence-electron chi connectivity index (χ0n) is 18.3. The highest BCUT2D eigenvalue weighted by atomic mass is 16.5. The van der Waals surface area contributed by atoms with Gasteiger partial charge in [0.1, 0.15) is 17.6 Å². The van der Waals surface area contributed by atoms with Gasteiger partial charge in [0.25, 0.3) is 5.89 Å². The third kappa shape index (κ3) is 4.64. The molecule has 1 N–H and O–H groups in total. The van der Waals surface area contributed by atoms with Crippen LogP contribution in [-0.4, -0.2) is 24.0 Å². The van der Waals surface area contributed by atoms with Crippen LogP contribution in [0.5, 0.6) is 11.5 Å². The molecule has 0 atom stereocenters. The number of piperidine rings is 1. The first-order chi connectivity index (χ1) is 16.7. The summed E-state index contributed by atoms with van der Waals surface area (Å²) in [5.74, 6) is 2.47. The summed E-state index contributed by atoms with van der Waals surface area (Å²) in [5, 5.41) is 12.5. The van der Waals surface area contributed by atoms with Gasteiger partial charge in [-0.2, -0.15) is 10.2 Å². The van der Waals surface area contributed by atoms with Crippen molar-refractivity contribution in [2.75, 3.05) is 23.3 Å². The predicted molar refractivity (Wildman–Crippen MR) is 125 cm³/mol. The fourth-order valence-corrected chi connectivity index (χ4v) is 3.92. The fraction of sp³-hybridized carbons (Fsp3) is 0.192. The van der Waals surface area contributed by atoms with Gasteiger partial charge in [-0.25, -0.2) is 0 Å². The second-order valence-electron chi connectivity index (χ2n) is 7.95. The summed E-state index contributed by atoms with van der Waals surface area (Å²) in [6, 6.07) is 22.4. The minimum absolute atomic E-state index is 0.0225. The summed E-state index contributed by atoms with van der Waals surface area (Å²) in [6.07, 6.45) is 2.81. The fourth-order valence-electron chi connectivity index (χ4n) is 3.92. The van der Waals surface area contributed by atoms with Crippen molar-refractivity contribution in [3.05, 3.63) is 78.7 Å². The van der Waals surface area contributed by atoms with Crippen LogP contribution < -0.4 is 15.0 Å². The van der Waals surface area contributed by atoms with E-state index >= 15 is 0 Å². The van der Waals surface area contributed by atoms with Crippen LogP contribution in [0.15, 0.2) is 81.8 Å². The van der Waals surface area contributed by atoms with Gasteiger partial charge in [0.2, 0.25) is 17.5 Å². The maximum atomic E-state index is 12.8. The molecule has 3 heterocycles. The lowest BCUT2D eigenvalue weighted by Gasteiger charge is -2.30. The highest BCUT2D eigenvalue weighted by molar-refractivity contribution is 5.92. The lowest BCUT2D eigenvalue weighted by Crippen LogP contribution is -2.38. The van der Waals surface area contributed by atoms with Crippen molar-refractivity contribution in [1.29, 1.82) is 5.26 Å². The second-order valence-corrected chi connectivity index (χ2v) is 7.95. The number of ether oxygens (including phenoxy) is 1. The number of oxazole rings is 1. The van der Waals surface area contributed by atoms with E-state index in [0.29, 0.717) is 43.3 Å². The Morgan fingerprint density at radius 2 is 1.76 bits per heavy atom. The number of benzene rings is 2. The SMILES string of the molecule is N#Cc1nc(-c2ccco2)oc1N1CCC(C(=O)Nc2ccc(Oc3ccccc3)cc2)CC1. The number of rotatable bonds is 6. The van der Waals surface area contributed by atoms with Gasteiger partial charge in [-0.1, -0.05) is 18.2 Å². The Morgan fingerprint density at radius 3 is 2.44 bits per heavy atom. The monoisotopic (exact) mass is 454 g/mol. The number of para-hydroxylation sites is 1. The molecular formula is C26H22N4O4. The molecule has 0 unspecified atom stereocenters. The van der Waals surface area contributed by atoms with Crippen LogP contribution in [0.1, 0.15) is 18.5 Å². The number of hydrogen-bond acceptors (Lipinski definition) is 7. The van der Waals surface area contributed by atoms with Crippen LogP contribution in [0.4, 0.5) is 11.6 Å². The first-order valence-corrected chi connectivity index (χ1v) is 11.0. The van der Waals surface area contributed by atoms with Gasteiger partial charge in [0.15, 0.2) is 5.76 Å². The van der Waals surface area contributed by atoms with Crippen molar-refractivity contribution in [3.63, 3.8) is 0 Å².